The van der Waals surface area contributed by atoms with Crippen molar-refractivity contribution in [3.8, 4) is 0 Å². The molecule has 0 unspecified atom stereocenters. The second-order valence-electron chi connectivity index (χ2n) is 6.96. The molecule has 0 bridgehead atoms. The minimum atomic E-state index is -0.609. The van der Waals surface area contributed by atoms with Gasteiger partial charge in [-0.3, -0.25) is 5.32 Å². The molecule has 1 N–H and O–H groups in total. The Morgan fingerprint density at radius 3 is 2.74 bits per heavy atom. The third kappa shape index (κ3) is 6.69. The fraction of sp³-hybridized carbons (Fsp3) is 0.500. The van der Waals surface area contributed by atoms with E-state index in [-0.39, 0.29) is 6.61 Å². The number of nitrogens with zero attached hydrogens (tertiary/aromatic N) is 4. The van der Waals surface area contributed by atoms with Crippen LogP contribution in [0.3, 0.4) is 0 Å². The number of aromatic nitrogens is 4. The first kappa shape index (κ1) is 20.3. The van der Waals surface area contributed by atoms with Crippen LogP contribution in [-0.2, 0) is 22.6 Å². The topological polar surface area (TPSA) is 108 Å². The second-order valence-corrected chi connectivity index (χ2v) is 6.96. The molecule has 146 valence electrons. The number of unbranched alkanes of at least 4 members (excludes halogenated alkanes) is 1. The molecule has 1 aromatic carbocycles. The lowest BCUT2D eigenvalue weighted by Gasteiger charge is -2.19. The lowest BCUT2D eigenvalue weighted by molar-refractivity contribution is 0.0455. The zero-order valence-electron chi connectivity index (χ0n) is 16.1. The summed E-state index contributed by atoms with van der Waals surface area (Å²) >= 11 is 0. The monoisotopic (exact) mass is 375 g/mol. The van der Waals surface area contributed by atoms with Crippen molar-refractivity contribution in [3.05, 3.63) is 35.7 Å². The van der Waals surface area contributed by atoms with Gasteiger partial charge in [-0.15, -0.1) is 5.10 Å². The summed E-state index contributed by atoms with van der Waals surface area (Å²) in [4.78, 5) is 24.1. The molecule has 0 aliphatic heterocycles. The van der Waals surface area contributed by atoms with Gasteiger partial charge in [0.1, 0.15) is 5.60 Å². The minimum Gasteiger partial charge on any atom is -0.454 e. The molecule has 9 heteroatoms. The van der Waals surface area contributed by atoms with Crippen LogP contribution in [-0.4, -0.2) is 37.9 Å². The Kier molecular flexibility index (Phi) is 6.86. The molecule has 0 aliphatic carbocycles. The summed E-state index contributed by atoms with van der Waals surface area (Å²) in [5, 5.41) is 14.0. The first-order chi connectivity index (χ1) is 12.8. The van der Waals surface area contributed by atoms with Gasteiger partial charge in [-0.1, -0.05) is 19.4 Å². The van der Waals surface area contributed by atoms with Crippen LogP contribution < -0.4 is 5.32 Å². The highest BCUT2D eigenvalue weighted by Crippen LogP contribution is 2.15. The quantitative estimate of drug-likeness (QED) is 0.740. The summed E-state index contributed by atoms with van der Waals surface area (Å²) in [5.74, 6) is -0.0484. The van der Waals surface area contributed by atoms with E-state index >= 15 is 0 Å². The molecule has 2 rings (SSSR count). The molecule has 0 radical (unpaired) electrons. The van der Waals surface area contributed by atoms with Gasteiger partial charge in [0, 0.05) is 12.2 Å². The first-order valence-electron chi connectivity index (χ1n) is 8.80. The number of hydrogen-bond acceptors (Lipinski definition) is 7. The predicted molar refractivity (Wildman–Crippen MR) is 98.1 cm³/mol. The Hall–Kier alpha value is -2.97. The van der Waals surface area contributed by atoms with Crippen LogP contribution in [0.4, 0.5) is 10.5 Å². The van der Waals surface area contributed by atoms with Gasteiger partial charge < -0.3 is 9.47 Å². The highest BCUT2D eigenvalue weighted by Gasteiger charge is 2.17. The number of nitrogens with one attached hydrogen (secondary N) is 1. The fourth-order valence-corrected chi connectivity index (χ4v) is 2.17. The maximum atomic E-state index is 12.3. The van der Waals surface area contributed by atoms with Crippen molar-refractivity contribution in [3.63, 3.8) is 0 Å². The molecule has 1 heterocycles. The van der Waals surface area contributed by atoms with Crippen molar-refractivity contribution in [2.45, 2.75) is 59.3 Å². The minimum absolute atomic E-state index is 0.0285. The van der Waals surface area contributed by atoms with Gasteiger partial charge in [0.2, 0.25) is 0 Å². The largest absolute Gasteiger partial charge is 0.454 e. The molecule has 2 aromatic rings. The van der Waals surface area contributed by atoms with Crippen LogP contribution in [0.1, 0.15) is 56.7 Å². The first-order valence-corrected chi connectivity index (χ1v) is 8.80. The molecule has 0 saturated carbocycles. The van der Waals surface area contributed by atoms with Crippen molar-refractivity contribution in [2.75, 3.05) is 5.32 Å². The Morgan fingerprint density at radius 2 is 2.04 bits per heavy atom. The SMILES string of the molecule is CCCCn1nnnc1COC(=O)c1cccc(NC(=O)OC(C)(C)C)c1. The average Bonchev–Trinajstić information content (AvgIpc) is 3.03. The van der Waals surface area contributed by atoms with Gasteiger partial charge in [0.05, 0.1) is 5.56 Å². The third-order valence-corrected chi connectivity index (χ3v) is 3.41. The molecule has 9 nitrogen and oxygen atoms in total. The molecule has 1 aromatic heterocycles. The number of rotatable bonds is 7. The van der Waals surface area contributed by atoms with E-state index in [4.69, 9.17) is 9.47 Å². The van der Waals surface area contributed by atoms with Gasteiger partial charge >= 0.3 is 12.1 Å². The molecule has 0 saturated heterocycles. The summed E-state index contributed by atoms with van der Waals surface area (Å²) in [6, 6.07) is 6.43. The summed E-state index contributed by atoms with van der Waals surface area (Å²) in [7, 11) is 0. The third-order valence-electron chi connectivity index (χ3n) is 3.41. The molecule has 0 aliphatic rings. The van der Waals surface area contributed by atoms with E-state index < -0.39 is 17.7 Å². The fourth-order valence-electron chi connectivity index (χ4n) is 2.17. The molecular formula is C18H25N5O4. The van der Waals surface area contributed by atoms with E-state index in [2.05, 4.69) is 27.8 Å². The number of ether oxygens (including phenoxy) is 2. The van der Waals surface area contributed by atoms with Crippen molar-refractivity contribution < 1.29 is 19.1 Å². The van der Waals surface area contributed by atoms with Crippen LogP contribution >= 0.6 is 0 Å². The summed E-state index contributed by atoms with van der Waals surface area (Å²) in [6.07, 6.45) is 1.35. The van der Waals surface area contributed by atoms with E-state index in [1.165, 1.54) is 6.07 Å². The van der Waals surface area contributed by atoms with Gasteiger partial charge in [-0.25, -0.2) is 14.3 Å². The van der Waals surface area contributed by atoms with Gasteiger partial charge in [0.15, 0.2) is 12.4 Å². The number of anilines is 1. The molecule has 0 atom stereocenters. The van der Waals surface area contributed by atoms with Crippen LogP contribution in [0.15, 0.2) is 24.3 Å². The second kappa shape index (κ2) is 9.11. The maximum Gasteiger partial charge on any atom is 0.412 e. The van der Waals surface area contributed by atoms with Crippen LogP contribution in [0.2, 0.25) is 0 Å². The summed E-state index contributed by atoms with van der Waals surface area (Å²) < 4.78 is 12.1. The van der Waals surface area contributed by atoms with Gasteiger partial charge in [-0.2, -0.15) is 0 Å². The van der Waals surface area contributed by atoms with E-state index in [1.54, 1.807) is 43.7 Å². The lowest BCUT2D eigenvalue weighted by atomic mass is 10.2. The van der Waals surface area contributed by atoms with Gasteiger partial charge in [-0.05, 0) is 55.8 Å². The zero-order valence-corrected chi connectivity index (χ0v) is 16.1. The average molecular weight is 375 g/mol. The molecular weight excluding hydrogens is 350 g/mol. The number of tetrazole rings is 1. The van der Waals surface area contributed by atoms with Crippen molar-refractivity contribution in [1.82, 2.24) is 20.2 Å². The number of benzene rings is 1. The lowest BCUT2D eigenvalue weighted by Crippen LogP contribution is -2.27. The maximum absolute atomic E-state index is 12.3. The number of hydrogen-bond donors (Lipinski definition) is 1. The van der Waals surface area contributed by atoms with E-state index in [1.807, 2.05) is 0 Å². The Bertz CT molecular complexity index is 782. The number of aryl methyl sites for hydroxylation is 1. The number of carbonyl (C=O) groups is 2. The highest BCUT2D eigenvalue weighted by molar-refractivity contribution is 5.92. The molecule has 1 amide bonds. The summed E-state index contributed by atoms with van der Waals surface area (Å²) in [5.41, 5.74) is 0.130. The normalized spacial score (nSPS) is 11.1. The Labute approximate surface area is 158 Å². The van der Waals surface area contributed by atoms with Crippen molar-refractivity contribution in [2.24, 2.45) is 0 Å². The van der Waals surface area contributed by atoms with Crippen LogP contribution in [0.25, 0.3) is 0 Å². The van der Waals surface area contributed by atoms with E-state index in [0.717, 1.165) is 12.8 Å². The zero-order chi connectivity index (χ0) is 19.9. The Morgan fingerprint density at radius 1 is 1.26 bits per heavy atom. The predicted octanol–water partition coefficient (Wildman–Crippen LogP) is 3.18. The number of amides is 1. The standard InChI is InChI=1S/C18H25N5O4/c1-5-6-10-23-15(20-21-22-23)12-26-16(24)13-8-7-9-14(11-13)19-17(25)27-18(2,3)4/h7-9,11H,5-6,10,12H2,1-4H3,(H,19,25). The van der Waals surface area contributed by atoms with Gasteiger partial charge in [0.25, 0.3) is 0 Å². The smallest absolute Gasteiger partial charge is 0.412 e. The number of esters is 1. The molecule has 0 fully saturated rings. The molecule has 27 heavy (non-hydrogen) atoms. The van der Waals surface area contributed by atoms with Crippen LogP contribution in [0, 0.1) is 0 Å². The highest BCUT2D eigenvalue weighted by atomic mass is 16.6. The van der Waals surface area contributed by atoms with E-state index in [0.29, 0.717) is 23.6 Å². The van der Waals surface area contributed by atoms with Crippen molar-refractivity contribution >= 4 is 17.7 Å². The molecule has 0 spiro atoms. The Balaban J connectivity index is 1.95. The van der Waals surface area contributed by atoms with Crippen LogP contribution in [0.5, 0.6) is 0 Å². The number of carbonyl (C=O) groups excluding carboxylic acids is 2. The van der Waals surface area contributed by atoms with E-state index in [9.17, 15) is 9.59 Å². The van der Waals surface area contributed by atoms with Crippen molar-refractivity contribution in [1.29, 1.82) is 0 Å². The summed E-state index contributed by atoms with van der Waals surface area (Å²) in [6.45, 7) is 8.03.